The summed E-state index contributed by atoms with van der Waals surface area (Å²) >= 11 is 12.5. The molecule has 1 aliphatic heterocycles. The number of aromatic amines is 1. The Labute approximate surface area is 232 Å². The van der Waals surface area contributed by atoms with E-state index in [1.807, 2.05) is 4.90 Å². The van der Waals surface area contributed by atoms with Gasteiger partial charge in [-0.25, -0.2) is 13.2 Å². The highest BCUT2D eigenvalue weighted by Crippen LogP contribution is 2.39. The number of hydrogen-bond acceptors (Lipinski definition) is 6. The van der Waals surface area contributed by atoms with Crippen LogP contribution in [-0.2, 0) is 29.1 Å². The van der Waals surface area contributed by atoms with Crippen molar-refractivity contribution in [3.8, 4) is 0 Å². The fraction of sp³-hybridized carbons (Fsp3) is 0.440. The van der Waals surface area contributed by atoms with Crippen LogP contribution in [0.4, 0.5) is 13.2 Å². The largest absolute Gasteiger partial charge is 0.416 e. The standard InChI is InChI=1S/C25H27Cl2F3N4O4S/c1-2-39(37,38)20-6-5-16(26)8-15(20)12-34-23(35)17-9-19(25(28,29)30)18(21(27)22(17)32-24(34)36)13-33-7-3-4-14(10-31)11-33/h5-6,8-9,14H,2-4,7,10-13,31H2,1H3,(H,32,36). The summed E-state index contributed by atoms with van der Waals surface area (Å²) in [6.07, 6.45) is -3.18. The van der Waals surface area contributed by atoms with Gasteiger partial charge < -0.3 is 10.7 Å². The summed E-state index contributed by atoms with van der Waals surface area (Å²) in [5.41, 5.74) is 2.27. The van der Waals surface area contributed by atoms with E-state index in [1.165, 1.54) is 25.1 Å². The molecule has 0 spiro atoms. The Morgan fingerprint density at radius 1 is 1.15 bits per heavy atom. The maximum absolute atomic E-state index is 14.2. The van der Waals surface area contributed by atoms with Gasteiger partial charge in [-0.3, -0.25) is 14.3 Å². The molecule has 14 heteroatoms. The first-order chi connectivity index (χ1) is 18.3. The second-order valence-electron chi connectivity index (χ2n) is 9.59. The van der Waals surface area contributed by atoms with E-state index in [9.17, 15) is 31.2 Å². The van der Waals surface area contributed by atoms with E-state index in [2.05, 4.69) is 4.98 Å². The van der Waals surface area contributed by atoms with Gasteiger partial charge in [0.25, 0.3) is 5.56 Å². The lowest BCUT2D eigenvalue weighted by atomic mass is 9.96. The number of fused-ring (bicyclic) bond motifs is 1. The number of aromatic nitrogens is 2. The highest BCUT2D eigenvalue weighted by molar-refractivity contribution is 7.91. The molecule has 3 N–H and O–H groups in total. The number of rotatable bonds is 7. The molecule has 1 atom stereocenters. The minimum Gasteiger partial charge on any atom is -0.330 e. The highest BCUT2D eigenvalue weighted by atomic mass is 35.5. The van der Waals surface area contributed by atoms with E-state index in [4.69, 9.17) is 28.9 Å². The maximum atomic E-state index is 14.2. The van der Waals surface area contributed by atoms with Crippen LogP contribution in [0.25, 0.3) is 10.9 Å². The normalized spacial score (nSPS) is 17.2. The number of hydrogen-bond donors (Lipinski definition) is 2. The summed E-state index contributed by atoms with van der Waals surface area (Å²) in [6, 6.07) is 4.61. The molecule has 8 nitrogen and oxygen atoms in total. The molecule has 1 saturated heterocycles. The Morgan fingerprint density at radius 2 is 1.87 bits per heavy atom. The van der Waals surface area contributed by atoms with Crippen LogP contribution in [0.5, 0.6) is 0 Å². The smallest absolute Gasteiger partial charge is 0.330 e. The van der Waals surface area contributed by atoms with Gasteiger partial charge >= 0.3 is 11.9 Å². The van der Waals surface area contributed by atoms with Crippen molar-refractivity contribution in [3.05, 3.63) is 71.8 Å². The Morgan fingerprint density at radius 3 is 2.51 bits per heavy atom. The number of alkyl halides is 3. The molecule has 0 aliphatic carbocycles. The van der Waals surface area contributed by atoms with Crippen molar-refractivity contribution in [3.63, 3.8) is 0 Å². The van der Waals surface area contributed by atoms with Crippen molar-refractivity contribution in [2.75, 3.05) is 25.4 Å². The number of piperidine rings is 1. The number of nitrogens with zero attached hydrogens (tertiary/aromatic N) is 2. The molecule has 1 aromatic heterocycles. The average molecular weight is 607 g/mol. The van der Waals surface area contributed by atoms with Gasteiger partial charge in [0.15, 0.2) is 9.84 Å². The van der Waals surface area contributed by atoms with E-state index in [0.29, 0.717) is 30.3 Å². The topological polar surface area (TPSA) is 118 Å². The van der Waals surface area contributed by atoms with Crippen LogP contribution >= 0.6 is 23.2 Å². The Kier molecular flexibility index (Phi) is 8.53. The van der Waals surface area contributed by atoms with Crippen LogP contribution in [-0.4, -0.2) is 48.3 Å². The van der Waals surface area contributed by atoms with E-state index in [1.54, 1.807) is 0 Å². The lowest BCUT2D eigenvalue weighted by Gasteiger charge is -2.33. The summed E-state index contributed by atoms with van der Waals surface area (Å²) in [5, 5.41) is -0.656. The number of H-pyrrole nitrogens is 1. The predicted octanol–water partition coefficient (Wildman–Crippen LogP) is 4.03. The molecule has 4 rings (SSSR count). The SMILES string of the molecule is CCS(=O)(=O)c1ccc(Cl)cc1Cn1c(=O)[nH]c2c(Cl)c(CN3CCCC(CN)C3)c(C(F)(F)F)cc2c1=O. The van der Waals surface area contributed by atoms with E-state index in [-0.39, 0.29) is 49.8 Å². The summed E-state index contributed by atoms with van der Waals surface area (Å²) in [7, 11) is -3.76. The van der Waals surface area contributed by atoms with E-state index >= 15 is 0 Å². The molecular formula is C25H27Cl2F3N4O4S. The first kappa shape index (κ1) is 29.6. The minimum absolute atomic E-state index is 0.0506. The van der Waals surface area contributed by atoms with Crippen molar-refractivity contribution < 1.29 is 21.6 Å². The molecule has 0 amide bonds. The van der Waals surface area contributed by atoms with Crippen molar-refractivity contribution in [2.45, 2.75) is 43.9 Å². The molecule has 1 fully saturated rings. The zero-order valence-electron chi connectivity index (χ0n) is 20.9. The van der Waals surface area contributed by atoms with Crippen molar-refractivity contribution >= 4 is 43.9 Å². The van der Waals surface area contributed by atoms with Crippen molar-refractivity contribution in [1.82, 2.24) is 14.5 Å². The monoisotopic (exact) mass is 606 g/mol. The molecule has 3 aromatic rings. The number of nitrogens with one attached hydrogen (secondary N) is 1. The fourth-order valence-electron chi connectivity index (χ4n) is 4.96. The molecule has 1 unspecified atom stereocenters. The van der Waals surface area contributed by atoms with Crippen LogP contribution in [0.1, 0.15) is 36.5 Å². The van der Waals surface area contributed by atoms with Crippen LogP contribution < -0.4 is 17.0 Å². The minimum atomic E-state index is -4.83. The van der Waals surface area contributed by atoms with E-state index < -0.39 is 44.8 Å². The molecular weight excluding hydrogens is 580 g/mol. The molecule has 2 heterocycles. The zero-order chi connectivity index (χ0) is 28.7. The molecule has 2 aromatic carbocycles. The highest BCUT2D eigenvalue weighted by Gasteiger charge is 2.37. The lowest BCUT2D eigenvalue weighted by molar-refractivity contribution is -0.138. The number of halogens is 5. The summed E-state index contributed by atoms with van der Waals surface area (Å²) < 4.78 is 68.4. The van der Waals surface area contributed by atoms with Gasteiger partial charge in [0.1, 0.15) is 0 Å². The Bertz CT molecular complexity index is 1640. The third-order valence-corrected chi connectivity index (χ3v) is 9.49. The first-order valence-corrected chi connectivity index (χ1v) is 14.7. The van der Waals surface area contributed by atoms with Gasteiger partial charge in [0.2, 0.25) is 0 Å². The van der Waals surface area contributed by atoms with E-state index in [0.717, 1.165) is 12.8 Å². The average Bonchev–Trinajstić information content (AvgIpc) is 2.87. The van der Waals surface area contributed by atoms with Gasteiger partial charge in [0, 0.05) is 18.1 Å². The molecule has 0 radical (unpaired) electrons. The van der Waals surface area contributed by atoms with Crippen LogP contribution in [0.2, 0.25) is 10.0 Å². The third-order valence-electron chi connectivity index (χ3n) is 7.01. The number of likely N-dealkylation sites (tertiary alicyclic amines) is 1. The molecule has 1 aliphatic rings. The quantitative estimate of drug-likeness (QED) is 0.419. The van der Waals surface area contributed by atoms with Gasteiger partial charge in [-0.2, -0.15) is 13.2 Å². The third kappa shape index (κ3) is 6.04. The first-order valence-electron chi connectivity index (χ1n) is 12.3. The maximum Gasteiger partial charge on any atom is 0.416 e. The molecule has 0 bridgehead atoms. The molecule has 39 heavy (non-hydrogen) atoms. The van der Waals surface area contributed by atoms with Gasteiger partial charge in [-0.1, -0.05) is 30.1 Å². The Hall–Kier alpha value is -2.38. The van der Waals surface area contributed by atoms with Crippen molar-refractivity contribution in [2.24, 2.45) is 11.7 Å². The van der Waals surface area contributed by atoms with Crippen LogP contribution in [0.15, 0.2) is 38.8 Å². The van der Waals surface area contributed by atoms with Crippen molar-refractivity contribution in [1.29, 1.82) is 0 Å². The second-order valence-corrected chi connectivity index (χ2v) is 12.7. The molecule has 0 saturated carbocycles. The fourth-order valence-corrected chi connectivity index (χ4v) is 6.57. The zero-order valence-corrected chi connectivity index (χ0v) is 23.3. The van der Waals surface area contributed by atoms with Gasteiger partial charge in [-0.05, 0) is 67.2 Å². The lowest BCUT2D eigenvalue weighted by Crippen LogP contribution is -2.38. The van der Waals surface area contributed by atoms with Gasteiger partial charge in [0.05, 0.1) is 38.7 Å². The summed E-state index contributed by atoms with van der Waals surface area (Å²) in [6.45, 7) is 2.24. The second kappa shape index (κ2) is 11.2. The number of benzene rings is 2. The predicted molar refractivity (Wildman–Crippen MR) is 144 cm³/mol. The van der Waals surface area contributed by atoms with Gasteiger partial charge in [-0.15, -0.1) is 0 Å². The summed E-state index contributed by atoms with van der Waals surface area (Å²) in [5.74, 6) is -0.103. The molecule has 212 valence electrons. The van der Waals surface area contributed by atoms with Crippen LogP contribution in [0, 0.1) is 5.92 Å². The summed E-state index contributed by atoms with van der Waals surface area (Å²) in [4.78, 5) is 30.5. The number of nitrogens with two attached hydrogens (primary N) is 1. The van der Waals surface area contributed by atoms with Crippen LogP contribution in [0.3, 0.4) is 0 Å². The Balaban J connectivity index is 1.88. The number of sulfone groups is 1.